The van der Waals surface area contributed by atoms with E-state index in [0.717, 1.165) is 17.5 Å². The van der Waals surface area contributed by atoms with Gasteiger partial charge in [0.25, 0.3) is 0 Å². The van der Waals surface area contributed by atoms with Gasteiger partial charge in [0.1, 0.15) is 11.6 Å². The van der Waals surface area contributed by atoms with Gasteiger partial charge < -0.3 is 21.1 Å². The lowest BCUT2D eigenvalue weighted by Crippen LogP contribution is -2.24. The fourth-order valence-electron chi connectivity index (χ4n) is 2.20. The highest BCUT2D eigenvalue weighted by atomic mass is 127. The molecular formula is C18H23F3IN5O. The van der Waals surface area contributed by atoms with Gasteiger partial charge in [0, 0.05) is 18.4 Å². The van der Waals surface area contributed by atoms with Gasteiger partial charge in [-0.2, -0.15) is 13.2 Å². The molecule has 0 amide bonds. The molecule has 0 saturated carbocycles. The van der Waals surface area contributed by atoms with Crippen molar-refractivity contribution in [2.24, 2.45) is 10.7 Å². The Morgan fingerprint density at radius 1 is 1.21 bits per heavy atom. The second-order valence-electron chi connectivity index (χ2n) is 5.91. The Labute approximate surface area is 178 Å². The lowest BCUT2D eigenvalue weighted by Gasteiger charge is -2.12. The number of pyridine rings is 1. The molecule has 0 aliphatic rings. The van der Waals surface area contributed by atoms with Crippen LogP contribution in [0.2, 0.25) is 0 Å². The van der Waals surface area contributed by atoms with Crippen molar-refractivity contribution in [2.75, 3.05) is 23.7 Å². The van der Waals surface area contributed by atoms with Crippen LogP contribution < -0.4 is 21.1 Å². The van der Waals surface area contributed by atoms with E-state index in [-0.39, 0.29) is 54.9 Å². The molecule has 0 bridgehead atoms. The average molecular weight is 509 g/mol. The second kappa shape index (κ2) is 10.9. The van der Waals surface area contributed by atoms with Crippen LogP contribution in [0.25, 0.3) is 0 Å². The summed E-state index contributed by atoms with van der Waals surface area (Å²) >= 11 is 0. The van der Waals surface area contributed by atoms with Crippen molar-refractivity contribution >= 4 is 41.4 Å². The van der Waals surface area contributed by atoms with Gasteiger partial charge >= 0.3 is 6.18 Å². The van der Waals surface area contributed by atoms with E-state index < -0.39 is 11.7 Å². The molecule has 0 aliphatic carbocycles. The van der Waals surface area contributed by atoms with Crippen LogP contribution in [0.1, 0.15) is 19.4 Å². The van der Waals surface area contributed by atoms with Crippen molar-refractivity contribution in [1.82, 2.24) is 4.98 Å². The molecule has 0 radical (unpaired) electrons. The molecule has 2 rings (SSSR count). The number of nitrogens with one attached hydrogen (secondary N) is 2. The first-order valence-corrected chi connectivity index (χ1v) is 8.35. The molecule has 28 heavy (non-hydrogen) atoms. The summed E-state index contributed by atoms with van der Waals surface area (Å²) in [7, 11) is 0. The van der Waals surface area contributed by atoms with E-state index in [4.69, 9.17) is 10.5 Å². The number of benzene rings is 1. The minimum atomic E-state index is -4.47. The minimum absolute atomic E-state index is 0. The fourth-order valence-corrected chi connectivity index (χ4v) is 2.20. The summed E-state index contributed by atoms with van der Waals surface area (Å²) in [4.78, 5) is 7.80. The number of alkyl halides is 3. The smallest absolute Gasteiger partial charge is 0.419 e. The first-order valence-electron chi connectivity index (χ1n) is 8.35. The number of ether oxygens (including phenoxy) is 1. The Bertz CT molecular complexity index is 767. The molecule has 2 aromatic rings. The number of rotatable bonds is 7. The highest BCUT2D eigenvalue weighted by Gasteiger charge is 2.33. The zero-order valence-corrected chi connectivity index (χ0v) is 17.8. The predicted octanol–water partition coefficient (Wildman–Crippen LogP) is 4.34. The average Bonchev–Trinajstić information content (AvgIpc) is 2.59. The van der Waals surface area contributed by atoms with Crippen LogP contribution >= 0.6 is 24.0 Å². The SMILES string of the molecule is CC(C)Oc1ccc(NC(N)=NCCNc2ncccc2C(F)(F)F)cc1.I. The number of hydrogen-bond donors (Lipinski definition) is 3. The zero-order chi connectivity index (χ0) is 19.9. The van der Waals surface area contributed by atoms with Crippen LogP contribution in [0.4, 0.5) is 24.7 Å². The summed E-state index contributed by atoms with van der Waals surface area (Å²) in [5, 5.41) is 5.53. The molecule has 0 unspecified atom stereocenters. The van der Waals surface area contributed by atoms with Gasteiger partial charge in [0.15, 0.2) is 5.96 Å². The van der Waals surface area contributed by atoms with Crippen molar-refractivity contribution < 1.29 is 17.9 Å². The third-order valence-electron chi connectivity index (χ3n) is 3.30. The molecule has 0 aliphatic heterocycles. The van der Waals surface area contributed by atoms with Crippen molar-refractivity contribution in [3.8, 4) is 5.75 Å². The van der Waals surface area contributed by atoms with Crippen LogP contribution in [-0.2, 0) is 6.18 Å². The lowest BCUT2D eigenvalue weighted by atomic mass is 10.2. The molecule has 1 aromatic carbocycles. The number of nitrogens with zero attached hydrogens (tertiary/aromatic N) is 2. The molecule has 4 N–H and O–H groups in total. The summed E-state index contributed by atoms with van der Waals surface area (Å²) < 4.78 is 44.2. The van der Waals surface area contributed by atoms with Gasteiger partial charge in [0.2, 0.25) is 0 Å². The molecule has 0 saturated heterocycles. The summed E-state index contributed by atoms with van der Waals surface area (Å²) in [5.41, 5.74) is 5.70. The highest BCUT2D eigenvalue weighted by molar-refractivity contribution is 14.0. The lowest BCUT2D eigenvalue weighted by molar-refractivity contribution is -0.137. The third-order valence-corrected chi connectivity index (χ3v) is 3.30. The maximum atomic E-state index is 12.9. The van der Waals surface area contributed by atoms with Gasteiger partial charge in [0.05, 0.1) is 18.2 Å². The van der Waals surface area contributed by atoms with Crippen LogP contribution in [0, 0.1) is 0 Å². The largest absolute Gasteiger partial charge is 0.491 e. The molecule has 0 fully saturated rings. The van der Waals surface area contributed by atoms with Crippen LogP contribution in [0.15, 0.2) is 47.6 Å². The Hall–Kier alpha value is -2.24. The van der Waals surface area contributed by atoms with E-state index in [0.29, 0.717) is 0 Å². The Kier molecular flexibility index (Phi) is 9.29. The van der Waals surface area contributed by atoms with Crippen molar-refractivity contribution in [3.63, 3.8) is 0 Å². The van der Waals surface area contributed by atoms with Gasteiger partial charge in [-0.3, -0.25) is 4.99 Å². The molecular weight excluding hydrogens is 486 g/mol. The Balaban J connectivity index is 0.00000392. The summed E-state index contributed by atoms with van der Waals surface area (Å²) in [6, 6.07) is 9.41. The summed E-state index contributed by atoms with van der Waals surface area (Å²) in [6.07, 6.45) is -3.09. The number of nitrogens with two attached hydrogens (primary N) is 1. The molecule has 1 aromatic heterocycles. The van der Waals surface area contributed by atoms with Gasteiger partial charge in [-0.25, -0.2) is 4.98 Å². The Morgan fingerprint density at radius 3 is 2.50 bits per heavy atom. The van der Waals surface area contributed by atoms with Crippen LogP contribution in [0.5, 0.6) is 5.75 Å². The molecule has 0 atom stereocenters. The van der Waals surface area contributed by atoms with E-state index in [1.54, 1.807) is 24.3 Å². The number of guanidine groups is 1. The number of hydrogen-bond acceptors (Lipinski definition) is 4. The molecule has 154 valence electrons. The van der Waals surface area contributed by atoms with Crippen LogP contribution in [0.3, 0.4) is 0 Å². The quantitative estimate of drug-likeness (QED) is 0.224. The van der Waals surface area contributed by atoms with Crippen molar-refractivity contribution in [1.29, 1.82) is 0 Å². The molecule has 0 spiro atoms. The third kappa shape index (κ3) is 7.79. The van der Waals surface area contributed by atoms with E-state index in [2.05, 4.69) is 20.6 Å². The number of aromatic nitrogens is 1. The first kappa shape index (κ1) is 23.8. The van der Waals surface area contributed by atoms with E-state index in [1.807, 2.05) is 13.8 Å². The van der Waals surface area contributed by atoms with Crippen molar-refractivity contribution in [3.05, 3.63) is 48.2 Å². The predicted molar refractivity (Wildman–Crippen MR) is 115 cm³/mol. The Morgan fingerprint density at radius 2 is 1.89 bits per heavy atom. The first-order chi connectivity index (χ1) is 12.8. The molecule has 1 heterocycles. The van der Waals surface area contributed by atoms with Gasteiger partial charge in [-0.15, -0.1) is 24.0 Å². The normalized spacial score (nSPS) is 11.7. The van der Waals surface area contributed by atoms with E-state index in [9.17, 15) is 13.2 Å². The summed E-state index contributed by atoms with van der Waals surface area (Å²) in [6.45, 7) is 4.21. The second-order valence-corrected chi connectivity index (χ2v) is 5.91. The number of aliphatic imine (C=N–C) groups is 1. The maximum absolute atomic E-state index is 12.9. The highest BCUT2D eigenvalue weighted by Crippen LogP contribution is 2.33. The zero-order valence-electron chi connectivity index (χ0n) is 15.5. The molecule has 10 heteroatoms. The summed E-state index contributed by atoms with van der Waals surface area (Å²) in [5.74, 6) is 0.671. The minimum Gasteiger partial charge on any atom is -0.491 e. The van der Waals surface area contributed by atoms with Crippen LogP contribution in [-0.4, -0.2) is 30.1 Å². The monoisotopic (exact) mass is 509 g/mol. The standard InChI is InChI=1S/C18H22F3N5O.HI/c1-12(2)27-14-7-5-13(6-8-14)26-17(22)25-11-10-24-16-15(18(19,20)21)4-3-9-23-16;/h3-9,12H,10-11H2,1-2H3,(H,23,24)(H3,22,25,26);1H. The van der Waals surface area contributed by atoms with Gasteiger partial charge in [-0.05, 0) is 50.2 Å². The maximum Gasteiger partial charge on any atom is 0.419 e. The number of anilines is 2. The fraction of sp³-hybridized carbons (Fsp3) is 0.333. The molecule has 6 nitrogen and oxygen atoms in total. The van der Waals surface area contributed by atoms with E-state index >= 15 is 0 Å². The van der Waals surface area contributed by atoms with E-state index in [1.165, 1.54) is 12.3 Å². The van der Waals surface area contributed by atoms with Crippen molar-refractivity contribution in [2.45, 2.75) is 26.1 Å². The van der Waals surface area contributed by atoms with Gasteiger partial charge in [-0.1, -0.05) is 0 Å². The topological polar surface area (TPSA) is 84.6 Å². The number of halogens is 4.